The lowest BCUT2D eigenvalue weighted by Crippen LogP contribution is -2.22. The fraction of sp³-hybridized carbons (Fsp3) is 0.714. The molecule has 0 radical (unpaired) electrons. The molecule has 0 bridgehead atoms. The van der Waals surface area contributed by atoms with E-state index in [9.17, 15) is 0 Å². The van der Waals surface area contributed by atoms with E-state index < -0.39 is 0 Å². The highest BCUT2D eigenvalue weighted by atomic mass is 35.5. The molecule has 2 heteroatoms. The molecule has 0 aliphatic rings. The molecule has 1 N–H and O–H groups in total. The van der Waals surface area contributed by atoms with Crippen LogP contribution in [0.5, 0.6) is 0 Å². The Bertz CT molecular complexity index is 305. The first-order valence-electron chi connectivity index (χ1n) is 6.47. The minimum absolute atomic E-state index is 0.275. The summed E-state index contributed by atoms with van der Waals surface area (Å²) in [5.74, 6) is 0. The van der Waals surface area contributed by atoms with Gasteiger partial charge in [-0.05, 0) is 18.9 Å². The molecule has 0 amide bonds. The number of aromatic nitrogens is 1. The van der Waals surface area contributed by atoms with Gasteiger partial charge in [-0.1, -0.05) is 58.1 Å². The van der Waals surface area contributed by atoms with Gasteiger partial charge >= 0.3 is 0 Å². The van der Waals surface area contributed by atoms with E-state index in [1.807, 2.05) is 6.20 Å². The number of unbranched alkanes of at least 4 members (excludes halogenated alkanes) is 2. The van der Waals surface area contributed by atoms with E-state index >= 15 is 0 Å². The van der Waals surface area contributed by atoms with Crippen molar-refractivity contribution in [1.29, 1.82) is 0 Å². The highest BCUT2D eigenvalue weighted by Crippen LogP contribution is 2.34. The third-order valence-electron chi connectivity index (χ3n) is 3.43. The standard InChI is InChI=1S/C14H24ClN/c1-4-6-7-9-14(3,8-5-2)13-10-12(15)11-16-13/h10-11,16H,4-9H2,1-3H3. The van der Waals surface area contributed by atoms with Crippen molar-refractivity contribution in [1.82, 2.24) is 4.98 Å². The summed E-state index contributed by atoms with van der Waals surface area (Å²) in [4.78, 5) is 3.33. The lowest BCUT2D eigenvalue weighted by molar-refractivity contribution is 0.371. The molecule has 1 aromatic heterocycles. The third kappa shape index (κ3) is 3.55. The third-order valence-corrected chi connectivity index (χ3v) is 3.65. The zero-order chi connectivity index (χ0) is 12.0. The molecule has 1 rings (SSSR count). The zero-order valence-electron chi connectivity index (χ0n) is 10.8. The number of aromatic amines is 1. The molecule has 1 aromatic rings. The molecule has 1 unspecified atom stereocenters. The van der Waals surface area contributed by atoms with Crippen LogP contribution in [0.2, 0.25) is 5.02 Å². The Hall–Kier alpha value is -0.430. The summed E-state index contributed by atoms with van der Waals surface area (Å²) in [6, 6.07) is 2.09. The molecule has 0 saturated carbocycles. The van der Waals surface area contributed by atoms with E-state index in [0.717, 1.165) is 5.02 Å². The van der Waals surface area contributed by atoms with Crippen LogP contribution in [-0.2, 0) is 5.41 Å². The number of hydrogen-bond donors (Lipinski definition) is 1. The molecule has 1 heterocycles. The first-order valence-corrected chi connectivity index (χ1v) is 6.84. The summed E-state index contributed by atoms with van der Waals surface area (Å²) in [6.07, 6.45) is 9.52. The molecule has 1 atom stereocenters. The van der Waals surface area contributed by atoms with Gasteiger partial charge in [0.15, 0.2) is 0 Å². The van der Waals surface area contributed by atoms with Crippen molar-refractivity contribution < 1.29 is 0 Å². The van der Waals surface area contributed by atoms with Gasteiger partial charge in [0.05, 0.1) is 5.02 Å². The predicted octanol–water partition coefficient (Wildman–Crippen LogP) is 5.31. The van der Waals surface area contributed by atoms with Crippen molar-refractivity contribution in [2.24, 2.45) is 0 Å². The summed E-state index contributed by atoms with van der Waals surface area (Å²) in [7, 11) is 0. The van der Waals surface area contributed by atoms with Gasteiger partial charge in [0.2, 0.25) is 0 Å². The Kier molecular flexibility index (Phi) is 5.40. The lowest BCUT2D eigenvalue weighted by atomic mass is 9.78. The van der Waals surface area contributed by atoms with Crippen LogP contribution < -0.4 is 0 Å². The van der Waals surface area contributed by atoms with E-state index in [0.29, 0.717) is 0 Å². The number of H-pyrrole nitrogens is 1. The first-order chi connectivity index (χ1) is 7.62. The average Bonchev–Trinajstić information content (AvgIpc) is 2.66. The SMILES string of the molecule is CCCCCC(C)(CCC)c1cc(Cl)c[nH]1. The number of rotatable bonds is 7. The summed E-state index contributed by atoms with van der Waals surface area (Å²) >= 11 is 6.00. The van der Waals surface area contributed by atoms with Crippen molar-refractivity contribution in [2.45, 2.75) is 64.7 Å². The Balaban J connectivity index is 2.71. The van der Waals surface area contributed by atoms with Crippen LogP contribution in [0.3, 0.4) is 0 Å². The van der Waals surface area contributed by atoms with Gasteiger partial charge in [-0.15, -0.1) is 0 Å². The number of nitrogens with one attached hydrogen (secondary N) is 1. The molecule has 1 nitrogen and oxygen atoms in total. The molecule has 0 aromatic carbocycles. The Morgan fingerprint density at radius 3 is 2.44 bits per heavy atom. The summed E-state index contributed by atoms with van der Waals surface area (Å²) in [5.41, 5.74) is 1.58. The Morgan fingerprint density at radius 2 is 1.94 bits per heavy atom. The molecule has 0 saturated heterocycles. The van der Waals surface area contributed by atoms with Gasteiger partial charge in [-0.25, -0.2) is 0 Å². The molecule has 0 fully saturated rings. The van der Waals surface area contributed by atoms with Crippen LogP contribution in [0, 0.1) is 0 Å². The molecule has 0 aliphatic heterocycles. The molecule has 92 valence electrons. The van der Waals surface area contributed by atoms with Crippen molar-refractivity contribution >= 4 is 11.6 Å². The molecule has 0 aliphatic carbocycles. The van der Waals surface area contributed by atoms with E-state index in [4.69, 9.17) is 11.6 Å². The fourth-order valence-electron chi connectivity index (χ4n) is 2.43. The van der Waals surface area contributed by atoms with E-state index in [1.165, 1.54) is 44.2 Å². The number of hydrogen-bond acceptors (Lipinski definition) is 0. The molecular formula is C14H24ClN. The number of halogens is 1. The smallest absolute Gasteiger partial charge is 0.0583 e. The van der Waals surface area contributed by atoms with Crippen LogP contribution in [0.25, 0.3) is 0 Å². The second-order valence-electron chi connectivity index (χ2n) is 5.00. The summed E-state index contributed by atoms with van der Waals surface area (Å²) in [5, 5.41) is 0.827. The largest absolute Gasteiger partial charge is 0.363 e. The highest BCUT2D eigenvalue weighted by molar-refractivity contribution is 6.30. The van der Waals surface area contributed by atoms with E-state index in [1.54, 1.807) is 0 Å². The first kappa shape index (κ1) is 13.6. The quantitative estimate of drug-likeness (QED) is 0.623. The second-order valence-corrected chi connectivity index (χ2v) is 5.44. The summed E-state index contributed by atoms with van der Waals surface area (Å²) < 4.78 is 0. The Labute approximate surface area is 105 Å². The van der Waals surface area contributed by atoms with Crippen molar-refractivity contribution in [3.05, 3.63) is 23.0 Å². The van der Waals surface area contributed by atoms with Crippen LogP contribution in [0.4, 0.5) is 0 Å². The minimum Gasteiger partial charge on any atom is -0.363 e. The van der Waals surface area contributed by atoms with Gasteiger partial charge < -0.3 is 4.98 Å². The van der Waals surface area contributed by atoms with Gasteiger partial charge in [0.1, 0.15) is 0 Å². The fourth-order valence-corrected chi connectivity index (χ4v) is 2.59. The minimum atomic E-state index is 0.275. The zero-order valence-corrected chi connectivity index (χ0v) is 11.5. The monoisotopic (exact) mass is 241 g/mol. The van der Waals surface area contributed by atoms with Gasteiger partial charge in [0, 0.05) is 17.3 Å². The predicted molar refractivity (Wildman–Crippen MR) is 72.2 cm³/mol. The van der Waals surface area contributed by atoms with E-state index in [2.05, 4.69) is 31.8 Å². The normalized spacial score (nSPS) is 15.0. The van der Waals surface area contributed by atoms with Crippen molar-refractivity contribution in [3.63, 3.8) is 0 Å². The van der Waals surface area contributed by atoms with Crippen LogP contribution >= 0.6 is 11.6 Å². The lowest BCUT2D eigenvalue weighted by Gasteiger charge is -2.28. The topological polar surface area (TPSA) is 15.8 Å². The molecule has 16 heavy (non-hydrogen) atoms. The van der Waals surface area contributed by atoms with Crippen LogP contribution in [0.1, 0.15) is 65.0 Å². The molecule has 0 spiro atoms. The van der Waals surface area contributed by atoms with E-state index in [-0.39, 0.29) is 5.41 Å². The highest BCUT2D eigenvalue weighted by Gasteiger charge is 2.26. The Morgan fingerprint density at radius 1 is 1.19 bits per heavy atom. The van der Waals surface area contributed by atoms with Gasteiger partial charge in [-0.2, -0.15) is 0 Å². The van der Waals surface area contributed by atoms with Crippen molar-refractivity contribution in [2.75, 3.05) is 0 Å². The average molecular weight is 242 g/mol. The maximum Gasteiger partial charge on any atom is 0.0583 e. The van der Waals surface area contributed by atoms with Gasteiger partial charge in [-0.3, -0.25) is 0 Å². The summed E-state index contributed by atoms with van der Waals surface area (Å²) in [6.45, 7) is 6.86. The maximum absolute atomic E-state index is 6.00. The van der Waals surface area contributed by atoms with Crippen LogP contribution in [0.15, 0.2) is 12.3 Å². The van der Waals surface area contributed by atoms with Gasteiger partial charge in [0.25, 0.3) is 0 Å². The molecular weight excluding hydrogens is 218 g/mol. The van der Waals surface area contributed by atoms with Crippen molar-refractivity contribution in [3.8, 4) is 0 Å². The van der Waals surface area contributed by atoms with Crippen LogP contribution in [-0.4, -0.2) is 4.98 Å². The maximum atomic E-state index is 6.00. The second kappa shape index (κ2) is 6.34.